The maximum atomic E-state index is 13.1. The lowest BCUT2D eigenvalue weighted by atomic mass is 9.89. The highest BCUT2D eigenvalue weighted by molar-refractivity contribution is 6.21. The fourth-order valence-electron chi connectivity index (χ4n) is 2.84. The standard InChI is InChI=1S/C22H18O3/c1-15-13-14-18(25-2)20(22(24)17-11-7-4-8-12-17)19(15)21(23)16-9-5-3-6-10-16/h3-14H,1-2H3. The maximum Gasteiger partial charge on any atom is 0.197 e. The van der Waals surface area contributed by atoms with Crippen LogP contribution >= 0.6 is 0 Å². The van der Waals surface area contributed by atoms with Crippen molar-refractivity contribution in [2.75, 3.05) is 7.11 Å². The van der Waals surface area contributed by atoms with Crippen molar-refractivity contribution in [2.24, 2.45) is 0 Å². The molecule has 0 spiro atoms. The molecule has 0 aromatic heterocycles. The van der Waals surface area contributed by atoms with Crippen molar-refractivity contribution in [3.05, 3.63) is 101 Å². The molecule has 0 N–H and O–H groups in total. The second-order valence-corrected chi connectivity index (χ2v) is 5.73. The van der Waals surface area contributed by atoms with Gasteiger partial charge in [-0.2, -0.15) is 0 Å². The summed E-state index contributed by atoms with van der Waals surface area (Å²) in [6.07, 6.45) is 0. The number of rotatable bonds is 5. The van der Waals surface area contributed by atoms with Gasteiger partial charge in [0.1, 0.15) is 5.75 Å². The molecule has 0 aliphatic carbocycles. The van der Waals surface area contributed by atoms with Gasteiger partial charge in [0.15, 0.2) is 11.6 Å². The Morgan fingerprint density at radius 2 is 1.16 bits per heavy atom. The van der Waals surface area contributed by atoms with Crippen LogP contribution < -0.4 is 4.74 Å². The van der Waals surface area contributed by atoms with Gasteiger partial charge in [-0.3, -0.25) is 9.59 Å². The van der Waals surface area contributed by atoms with Crippen LogP contribution in [0.4, 0.5) is 0 Å². The van der Waals surface area contributed by atoms with E-state index in [2.05, 4.69) is 0 Å². The van der Waals surface area contributed by atoms with E-state index >= 15 is 0 Å². The first-order valence-electron chi connectivity index (χ1n) is 8.00. The van der Waals surface area contributed by atoms with Gasteiger partial charge in [-0.15, -0.1) is 0 Å². The van der Waals surface area contributed by atoms with Gasteiger partial charge in [0.2, 0.25) is 0 Å². The van der Waals surface area contributed by atoms with Crippen molar-refractivity contribution < 1.29 is 14.3 Å². The molecule has 0 saturated heterocycles. The number of benzene rings is 3. The topological polar surface area (TPSA) is 43.4 Å². The number of carbonyl (C=O) groups excluding carboxylic acids is 2. The molecule has 124 valence electrons. The number of ketones is 2. The zero-order valence-electron chi connectivity index (χ0n) is 14.2. The molecule has 0 radical (unpaired) electrons. The van der Waals surface area contributed by atoms with Crippen LogP contribution in [0, 0.1) is 6.92 Å². The van der Waals surface area contributed by atoms with E-state index in [-0.39, 0.29) is 11.6 Å². The molecule has 0 saturated carbocycles. The molecule has 0 bridgehead atoms. The molecular weight excluding hydrogens is 312 g/mol. The summed E-state index contributed by atoms with van der Waals surface area (Å²) in [7, 11) is 1.50. The van der Waals surface area contributed by atoms with E-state index in [0.717, 1.165) is 5.56 Å². The number of hydrogen-bond acceptors (Lipinski definition) is 3. The minimum Gasteiger partial charge on any atom is -0.496 e. The molecule has 3 rings (SSSR count). The Morgan fingerprint density at radius 3 is 1.64 bits per heavy atom. The van der Waals surface area contributed by atoms with Crippen LogP contribution in [0.5, 0.6) is 5.75 Å². The fraction of sp³-hybridized carbons (Fsp3) is 0.0909. The van der Waals surface area contributed by atoms with Crippen LogP contribution in [0.15, 0.2) is 72.8 Å². The molecule has 0 fully saturated rings. The van der Waals surface area contributed by atoms with Crippen LogP contribution in [0.25, 0.3) is 0 Å². The SMILES string of the molecule is COc1ccc(C)c(C(=O)c2ccccc2)c1C(=O)c1ccccc1. The monoisotopic (exact) mass is 330 g/mol. The van der Waals surface area contributed by atoms with Crippen LogP contribution in [-0.2, 0) is 0 Å². The Hall–Kier alpha value is -3.20. The van der Waals surface area contributed by atoms with Gasteiger partial charge in [-0.25, -0.2) is 0 Å². The maximum absolute atomic E-state index is 13.1. The van der Waals surface area contributed by atoms with Crippen molar-refractivity contribution in [1.82, 2.24) is 0 Å². The third-order valence-corrected chi connectivity index (χ3v) is 4.12. The summed E-state index contributed by atoms with van der Waals surface area (Å²) < 4.78 is 5.40. The van der Waals surface area contributed by atoms with Crippen molar-refractivity contribution in [2.45, 2.75) is 6.92 Å². The van der Waals surface area contributed by atoms with E-state index in [4.69, 9.17) is 4.74 Å². The Bertz CT molecular complexity index is 913. The average molecular weight is 330 g/mol. The summed E-state index contributed by atoms with van der Waals surface area (Å²) in [5.41, 5.74) is 2.50. The molecule has 3 aromatic rings. The molecule has 3 heteroatoms. The molecule has 0 aliphatic rings. The number of hydrogen-bond donors (Lipinski definition) is 0. The zero-order chi connectivity index (χ0) is 17.8. The Kier molecular flexibility index (Phi) is 4.75. The third-order valence-electron chi connectivity index (χ3n) is 4.12. The summed E-state index contributed by atoms with van der Waals surface area (Å²) in [6.45, 7) is 1.83. The number of carbonyl (C=O) groups is 2. The summed E-state index contributed by atoms with van der Waals surface area (Å²) in [4.78, 5) is 26.2. The summed E-state index contributed by atoms with van der Waals surface area (Å²) >= 11 is 0. The van der Waals surface area contributed by atoms with Crippen LogP contribution in [0.3, 0.4) is 0 Å². The quantitative estimate of drug-likeness (QED) is 0.649. The van der Waals surface area contributed by atoms with Crippen molar-refractivity contribution in [3.63, 3.8) is 0 Å². The van der Waals surface area contributed by atoms with Gasteiger partial charge in [-0.05, 0) is 18.6 Å². The van der Waals surface area contributed by atoms with Crippen LogP contribution in [-0.4, -0.2) is 18.7 Å². The van der Waals surface area contributed by atoms with Crippen LogP contribution in [0.1, 0.15) is 37.4 Å². The predicted octanol–water partition coefficient (Wildman–Crippen LogP) is 4.47. The Labute approximate surface area is 146 Å². The molecular formula is C22H18O3. The minimum atomic E-state index is -0.222. The average Bonchev–Trinajstić information content (AvgIpc) is 2.68. The lowest BCUT2D eigenvalue weighted by Gasteiger charge is -2.15. The molecule has 0 unspecified atom stereocenters. The number of aryl methyl sites for hydroxylation is 1. The first-order valence-corrected chi connectivity index (χ1v) is 8.00. The Balaban J connectivity index is 2.22. The highest BCUT2D eigenvalue weighted by atomic mass is 16.5. The number of methoxy groups -OCH3 is 1. The fourth-order valence-corrected chi connectivity index (χ4v) is 2.84. The lowest BCUT2D eigenvalue weighted by molar-refractivity contribution is 0.1000. The number of ether oxygens (including phenoxy) is 1. The van der Waals surface area contributed by atoms with E-state index in [1.165, 1.54) is 7.11 Å². The molecule has 0 aliphatic heterocycles. The molecule has 3 nitrogen and oxygen atoms in total. The van der Waals surface area contributed by atoms with Gasteiger partial charge in [0, 0.05) is 16.7 Å². The van der Waals surface area contributed by atoms with E-state index in [9.17, 15) is 9.59 Å². The molecule has 0 atom stereocenters. The zero-order valence-corrected chi connectivity index (χ0v) is 14.2. The van der Waals surface area contributed by atoms with Crippen molar-refractivity contribution in [1.29, 1.82) is 0 Å². The summed E-state index contributed by atoms with van der Waals surface area (Å²) in [5.74, 6) is -0.00422. The third kappa shape index (κ3) is 3.22. The highest BCUT2D eigenvalue weighted by Crippen LogP contribution is 2.30. The van der Waals surface area contributed by atoms with Crippen molar-refractivity contribution >= 4 is 11.6 Å². The molecule has 3 aromatic carbocycles. The highest BCUT2D eigenvalue weighted by Gasteiger charge is 2.25. The van der Waals surface area contributed by atoms with Crippen LogP contribution in [0.2, 0.25) is 0 Å². The Morgan fingerprint density at radius 1 is 0.680 bits per heavy atom. The van der Waals surface area contributed by atoms with Gasteiger partial charge in [-0.1, -0.05) is 66.7 Å². The van der Waals surface area contributed by atoms with Gasteiger partial charge in [0.05, 0.1) is 12.7 Å². The smallest absolute Gasteiger partial charge is 0.197 e. The van der Waals surface area contributed by atoms with E-state index < -0.39 is 0 Å². The second-order valence-electron chi connectivity index (χ2n) is 5.73. The largest absolute Gasteiger partial charge is 0.496 e. The predicted molar refractivity (Wildman–Crippen MR) is 97.5 cm³/mol. The van der Waals surface area contributed by atoms with Crippen molar-refractivity contribution in [3.8, 4) is 5.75 Å². The van der Waals surface area contributed by atoms with Gasteiger partial charge in [0.25, 0.3) is 0 Å². The molecule has 25 heavy (non-hydrogen) atoms. The summed E-state index contributed by atoms with van der Waals surface area (Å²) in [5, 5.41) is 0. The second kappa shape index (κ2) is 7.14. The van der Waals surface area contributed by atoms with Gasteiger partial charge >= 0.3 is 0 Å². The minimum absolute atomic E-state index is 0.184. The van der Waals surface area contributed by atoms with E-state index in [0.29, 0.717) is 28.0 Å². The lowest BCUT2D eigenvalue weighted by Crippen LogP contribution is -2.14. The first kappa shape index (κ1) is 16.7. The molecule has 0 heterocycles. The molecule has 0 amide bonds. The van der Waals surface area contributed by atoms with Gasteiger partial charge < -0.3 is 4.74 Å². The normalized spacial score (nSPS) is 10.3. The van der Waals surface area contributed by atoms with E-state index in [1.807, 2.05) is 19.1 Å². The first-order chi connectivity index (χ1) is 12.1. The summed E-state index contributed by atoms with van der Waals surface area (Å²) in [6, 6.07) is 21.4. The van der Waals surface area contributed by atoms with E-state index in [1.54, 1.807) is 60.7 Å².